The summed E-state index contributed by atoms with van der Waals surface area (Å²) in [6, 6.07) is 19.9. The van der Waals surface area contributed by atoms with Crippen molar-refractivity contribution in [2.75, 3.05) is 5.32 Å². The van der Waals surface area contributed by atoms with Crippen LogP contribution in [0.5, 0.6) is 0 Å². The lowest BCUT2D eigenvalue weighted by Gasteiger charge is -2.09. The Bertz CT molecular complexity index is 931. The number of aromatic carboxylic acids is 1. The van der Waals surface area contributed by atoms with Crippen LogP contribution in [0.4, 0.5) is 11.5 Å². The predicted octanol–water partition coefficient (Wildman–Crippen LogP) is 4.06. The Labute approximate surface area is 138 Å². The Balaban J connectivity index is 1.93. The number of nitriles is 1. The highest BCUT2D eigenvalue weighted by molar-refractivity contribution is 5.89. The molecule has 24 heavy (non-hydrogen) atoms. The first-order chi connectivity index (χ1) is 11.7. The summed E-state index contributed by atoms with van der Waals surface area (Å²) >= 11 is 0. The third-order valence-corrected chi connectivity index (χ3v) is 3.49. The molecule has 0 aliphatic carbocycles. The number of nitrogens with one attached hydrogen (secondary N) is 1. The van der Waals surface area contributed by atoms with Gasteiger partial charge in [-0.2, -0.15) is 5.26 Å². The fourth-order valence-electron chi connectivity index (χ4n) is 2.30. The first-order valence-corrected chi connectivity index (χ1v) is 7.23. The van der Waals surface area contributed by atoms with Gasteiger partial charge in [0.05, 0.1) is 11.1 Å². The molecule has 0 amide bonds. The van der Waals surface area contributed by atoms with Gasteiger partial charge in [-0.3, -0.25) is 0 Å². The second-order valence-electron chi connectivity index (χ2n) is 5.11. The van der Waals surface area contributed by atoms with Crippen molar-refractivity contribution < 1.29 is 9.90 Å². The van der Waals surface area contributed by atoms with Crippen LogP contribution in [0.2, 0.25) is 0 Å². The van der Waals surface area contributed by atoms with Gasteiger partial charge in [-0.15, -0.1) is 0 Å². The highest BCUT2D eigenvalue weighted by atomic mass is 16.4. The number of anilines is 2. The van der Waals surface area contributed by atoms with Gasteiger partial charge in [0.2, 0.25) is 0 Å². The maximum Gasteiger partial charge on any atom is 0.335 e. The summed E-state index contributed by atoms with van der Waals surface area (Å²) in [5, 5.41) is 21.4. The lowest BCUT2D eigenvalue weighted by molar-refractivity contribution is 0.0697. The van der Waals surface area contributed by atoms with E-state index in [4.69, 9.17) is 5.11 Å². The van der Waals surface area contributed by atoms with Crippen molar-refractivity contribution in [2.45, 2.75) is 0 Å². The molecule has 5 nitrogen and oxygen atoms in total. The lowest BCUT2D eigenvalue weighted by Crippen LogP contribution is -2.00. The number of hydrogen-bond acceptors (Lipinski definition) is 4. The average Bonchev–Trinajstić information content (AvgIpc) is 2.63. The molecular formula is C19H13N3O2. The average molecular weight is 315 g/mol. The van der Waals surface area contributed by atoms with E-state index >= 15 is 0 Å². The normalized spacial score (nSPS) is 9.96. The summed E-state index contributed by atoms with van der Waals surface area (Å²) in [6.45, 7) is 0. The summed E-state index contributed by atoms with van der Waals surface area (Å²) in [7, 11) is 0. The van der Waals surface area contributed by atoms with Crippen LogP contribution < -0.4 is 5.32 Å². The molecule has 0 aliphatic rings. The minimum Gasteiger partial charge on any atom is -0.478 e. The maximum atomic E-state index is 11.0. The molecular weight excluding hydrogens is 302 g/mol. The predicted molar refractivity (Wildman–Crippen MR) is 91.1 cm³/mol. The van der Waals surface area contributed by atoms with E-state index < -0.39 is 5.97 Å². The number of nitrogens with zero attached hydrogens (tertiary/aromatic N) is 2. The molecule has 1 heterocycles. The minimum absolute atomic E-state index is 0.166. The summed E-state index contributed by atoms with van der Waals surface area (Å²) < 4.78 is 0. The molecule has 3 rings (SSSR count). The van der Waals surface area contributed by atoms with Crippen molar-refractivity contribution >= 4 is 17.5 Å². The van der Waals surface area contributed by atoms with Crippen LogP contribution in [0.25, 0.3) is 11.1 Å². The highest BCUT2D eigenvalue weighted by Crippen LogP contribution is 2.25. The van der Waals surface area contributed by atoms with Gasteiger partial charge in [0, 0.05) is 17.4 Å². The molecule has 0 bridgehead atoms. The van der Waals surface area contributed by atoms with E-state index in [1.54, 1.807) is 24.4 Å². The Morgan fingerprint density at radius 3 is 2.54 bits per heavy atom. The fraction of sp³-hybridized carbons (Fsp3) is 0. The number of benzene rings is 2. The lowest BCUT2D eigenvalue weighted by atomic mass is 10.1. The van der Waals surface area contributed by atoms with Gasteiger partial charge in [-0.25, -0.2) is 9.78 Å². The summed E-state index contributed by atoms with van der Waals surface area (Å²) in [4.78, 5) is 15.3. The van der Waals surface area contributed by atoms with Crippen molar-refractivity contribution in [3.63, 3.8) is 0 Å². The van der Waals surface area contributed by atoms with Crippen molar-refractivity contribution in [3.05, 3.63) is 78.0 Å². The van der Waals surface area contributed by atoms with Gasteiger partial charge in [0.15, 0.2) is 0 Å². The Morgan fingerprint density at radius 1 is 1.04 bits per heavy atom. The number of rotatable bonds is 4. The number of carboxylic acids is 1. The van der Waals surface area contributed by atoms with Crippen LogP contribution in [0.3, 0.4) is 0 Å². The van der Waals surface area contributed by atoms with Gasteiger partial charge < -0.3 is 10.4 Å². The molecule has 0 spiro atoms. The monoisotopic (exact) mass is 315 g/mol. The Kier molecular flexibility index (Phi) is 4.21. The van der Waals surface area contributed by atoms with E-state index in [1.165, 1.54) is 12.1 Å². The van der Waals surface area contributed by atoms with Gasteiger partial charge in [-0.05, 0) is 29.8 Å². The summed E-state index contributed by atoms with van der Waals surface area (Å²) in [5.74, 6) is -0.619. The molecule has 116 valence electrons. The molecule has 0 aliphatic heterocycles. The standard InChI is InChI=1S/C19H13N3O2/c20-11-15-9-16(13-5-2-1-3-6-13)12-21-18(15)22-17-8-4-7-14(10-17)19(23)24/h1-10,12H,(H,21,22)(H,23,24). The van der Waals surface area contributed by atoms with Crippen LogP contribution in [0.15, 0.2) is 66.9 Å². The van der Waals surface area contributed by atoms with Crippen LogP contribution in [0, 0.1) is 11.3 Å². The molecule has 0 radical (unpaired) electrons. The van der Waals surface area contributed by atoms with E-state index in [-0.39, 0.29) is 5.56 Å². The fourth-order valence-corrected chi connectivity index (χ4v) is 2.30. The van der Waals surface area contributed by atoms with Crippen molar-refractivity contribution in [3.8, 4) is 17.2 Å². The molecule has 0 fully saturated rings. The topological polar surface area (TPSA) is 86.0 Å². The van der Waals surface area contributed by atoms with E-state index in [1.807, 2.05) is 30.3 Å². The van der Waals surface area contributed by atoms with Crippen LogP contribution >= 0.6 is 0 Å². The zero-order valence-electron chi connectivity index (χ0n) is 12.6. The minimum atomic E-state index is -1.01. The third-order valence-electron chi connectivity index (χ3n) is 3.49. The van der Waals surface area contributed by atoms with Gasteiger partial charge in [0.1, 0.15) is 11.9 Å². The quantitative estimate of drug-likeness (QED) is 0.758. The van der Waals surface area contributed by atoms with Crippen LogP contribution in [-0.4, -0.2) is 16.1 Å². The maximum absolute atomic E-state index is 11.0. The molecule has 2 N–H and O–H groups in total. The third kappa shape index (κ3) is 3.23. The number of aromatic nitrogens is 1. The van der Waals surface area contributed by atoms with E-state index in [0.29, 0.717) is 17.1 Å². The largest absolute Gasteiger partial charge is 0.478 e. The Hall–Kier alpha value is -3.65. The number of carboxylic acid groups (broad SMARTS) is 1. The zero-order valence-corrected chi connectivity index (χ0v) is 12.6. The molecule has 0 unspecified atom stereocenters. The summed E-state index contributed by atoms with van der Waals surface area (Å²) in [5.41, 5.74) is 2.93. The first kappa shape index (κ1) is 15.3. The van der Waals surface area contributed by atoms with E-state index in [0.717, 1.165) is 11.1 Å². The van der Waals surface area contributed by atoms with Crippen molar-refractivity contribution in [1.29, 1.82) is 5.26 Å². The SMILES string of the molecule is N#Cc1cc(-c2ccccc2)cnc1Nc1cccc(C(=O)O)c1. The molecule has 2 aromatic carbocycles. The van der Waals surface area contributed by atoms with E-state index in [9.17, 15) is 10.1 Å². The number of carbonyl (C=O) groups is 1. The van der Waals surface area contributed by atoms with Crippen molar-refractivity contribution in [1.82, 2.24) is 4.98 Å². The zero-order chi connectivity index (χ0) is 16.9. The number of pyridine rings is 1. The first-order valence-electron chi connectivity index (χ1n) is 7.23. The molecule has 3 aromatic rings. The second kappa shape index (κ2) is 6.63. The van der Waals surface area contributed by atoms with Crippen molar-refractivity contribution in [2.24, 2.45) is 0 Å². The molecule has 0 saturated carbocycles. The second-order valence-corrected chi connectivity index (χ2v) is 5.11. The molecule has 0 saturated heterocycles. The van der Waals surface area contributed by atoms with Gasteiger partial charge >= 0.3 is 5.97 Å². The van der Waals surface area contributed by atoms with Gasteiger partial charge in [0.25, 0.3) is 0 Å². The molecule has 5 heteroatoms. The number of hydrogen-bond donors (Lipinski definition) is 2. The smallest absolute Gasteiger partial charge is 0.335 e. The summed E-state index contributed by atoms with van der Waals surface area (Å²) in [6.07, 6.45) is 1.68. The van der Waals surface area contributed by atoms with Crippen LogP contribution in [0.1, 0.15) is 15.9 Å². The highest BCUT2D eigenvalue weighted by Gasteiger charge is 2.09. The Morgan fingerprint density at radius 2 is 1.83 bits per heavy atom. The van der Waals surface area contributed by atoms with E-state index in [2.05, 4.69) is 16.4 Å². The van der Waals surface area contributed by atoms with Gasteiger partial charge in [-0.1, -0.05) is 36.4 Å². The molecule has 1 aromatic heterocycles. The van der Waals surface area contributed by atoms with Crippen LogP contribution in [-0.2, 0) is 0 Å². The molecule has 0 atom stereocenters.